The van der Waals surface area contributed by atoms with Gasteiger partial charge in [0, 0.05) is 12.1 Å². The van der Waals surface area contributed by atoms with E-state index in [1.54, 1.807) is 0 Å². The van der Waals surface area contributed by atoms with Gasteiger partial charge in [-0.25, -0.2) is 0 Å². The van der Waals surface area contributed by atoms with Crippen molar-refractivity contribution in [2.75, 3.05) is 19.6 Å². The van der Waals surface area contributed by atoms with Crippen molar-refractivity contribution in [1.82, 2.24) is 10.6 Å². The summed E-state index contributed by atoms with van der Waals surface area (Å²) in [5.41, 5.74) is -0.497. The Balaban J connectivity index is 0.00000200. The summed E-state index contributed by atoms with van der Waals surface area (Å²) in [6.45, 7) is 2.36. The summed E-state index contributed by atoms with van der Waals surface area (Å²) in [7, 11) is 0. The van der Waals surface area contributed by atoms with Gasteiger partial charge in [0.2, 0.25) is 0 Å². The summed E-state index contributed by atoms with van der Waals surface area (Å²) in [6.07, 6.45) is -3.36. The molecule has 1 aliphatic heterocycles. The molecule has 1 saturated heterocycles. The fraction of sp³-hybridized carbons (Fsp3) is 0.462. The van der Waals surface area contributed by atoms with E-state index in [4.69, 9.17) is 0 Å². The lowest BCUT2D eigenvalue weighted by Crippen LogP contribution is -2.30. The minimum atomic E-state index is -4.37. The van der Waals surface area contributed by atoms with Gasteiger partial charge in [-0.2, -0.15) is 13.2 Å². The van der Waals surface area contributed by atoms with Gasteiger partial charge in [0.05, 0.1) is 5.56 Å². The third kappa shape index (κ3) is 4.38. The lowest BCUT2D eigenvalue weighted by Gasteiger charge is -2.11. The van der Waals surface area contributed by atoms with Crippen LogP contribution in [0.2, 0.25) is 0 Å². The van der Waals surface area contributed by atoms with Gasteiger partial charge < -0.3 is 10.6 Å². The second-order valence-corrected chi connectivity index (χ2v) is 4.64. The van der Waals surface area contributed by atoms with Crippen molar-refractivity contribution >= 4 is 18.3 Å². The van der Waals surface area contributed by atoms with Crippen molar-refractivity contribution < 1.29 is 18.0 Å². The van der Waals surface area contributed by atoms with E-state index in [2.05, 4.69) is 10.6 Å². The number of hydrogen-bond donors (Lipinski definition) is 2. The fourth-order valence-electron chi connectivity index (χ4n) is 2.04. The molecule has 2 rings (SSSR count). The maximum atomic E-state index is 12.4. The van der Waals surface area contributed by atoms with E-state index in [-0.39, 0.29) is 23.9 Å². The van der Waals surface area contributed by atoms with Gasteiger partial charge in [0.25, 0.3) is 5.91 Å². The summed E-state index contributed by atoms with van der Waals surface area (Å²) < 4.78 is 37.1. The van der Waals surface area contributed by atoms with Crippen LogP contribution in [0.3, 0.4) is 0 Å². The number of nitrogens with one attached hydrogen (secondary N) is 2. The minimum absolute atomic E-state index is 0. The van der Waals surface area contributed by atoms with Crippen LogP contribution in [0, 0.1) is 5.92 Å². The summed E-state index contributed by atoms with van der Waals surface area (Å²) in [5.74, 6) is 0.0685. The first-order chi connectivity index (χ1) is 8.97. The highest BCUT2D eigenvalue weighted by Gasteiger charge is 2.30. The van der Waals surface area contributed by atoms with E-state index in [0.717, 1.165) is 31.6 Å². The lowest BCUT2D eigenvalue weighted by molar-refractivity contribution is -0.137. The highest BCUT2D eigenvalue weighted by molar-refractivity contribution is 5.94. The summed E-state index contributed by atoms with van der Waals surface area (Å²) >= 11 is 0. The van der Waals surface area contributed by atoms with Crippen molar-refractivity contribution in [1.29, 1.82) is 0 Å². The average molecular weight is 309 g/mol. The summed E-state index contributed by atoms with van der Waals surface area (Å²) in [4.78, 5) is 11.7. The van der Waals surface area contributed by atoms with Gasteiger partial charge in [-0.3, -0.25) is 4.79 Å². The maximum Gasteiger partial charge on any atom is 0.416 e. The number of amides is 1. The van der Waals surface area contributed by atoms with Gasteiger partial charge in [-0.15, -0.1) is 12.4 Å². The monoisotopic (exact) mass is 308 g/mol. The zero-order chi connectivity index (χ0) is 13.9. The van der Waals surface area contributed by atoms with E-state index in [1.165, 1.54) is 12.1 Å². The summed E-state index contributed by atoms with van der Waals surface area (Å²) in [5, 5.41) is 5.92. The number of carbonyl (C=O) groups excluding carboxylic acids is 1. The Hall–Kier alpha value is -1.27. The van der Waals surface area contributed by atoms with E-state index < -0.39 is 11.7 Å². The van der Waals surface area contributed by atoms with Crippen LogP contribution in [-0.2, 0) is 6.18 Å². The van der Waals surface area contributed by atoms with Crippen LogP contribution in [0.1, 0.15) is 22.3 Å². The van der Waals surface area contributed by atoms with E-state index in [9.17, 15) is 18.0 Å². The molecule has 112 valence electrons. The third-order valence-electron chi connectivity index (χ3n) is 3.19. The Labute approximate surface area is 121 Å². The van der Waals surface area contributed by atoms with Crippen LogP contribution in [-0.4, -0.2) is 25.5 Å². The standard InChI is InChI=1S/C13H15F3N2O.ClH/c14-13(15,16)11-3-1-10(2-4-11)12(19)18-8-9-5-6-17-7-9;/h1-4,9,17H,5-8H2,(H,18,19);1H. The Bertz CT molecular complexity index is 442. The normalized spacial score (nSPS) is 18.4. The number of benzene rings is 1. The molecule has 0 radical (unpaired) electrons. The topological polar surface area (TPSA) is 41.1 Å². The van der Waals surface area contributed by atoms with Gasteiger partial charge in [-0.1, -0.05) is 0 Å². The van der Waals surface area contributed by atoms with Gasteiger partial charge in [-0.05, 0) is 49.7 Å². The van der Waals surface area contributed by atoms with Gasteiger partial charge in [0.15, 0.2) is 0 Å². The predicted octanol–water partition coefficient (Wildman–Crippen LogP) is 2.47. The molecule has 1 aliphatic rings. The zero-order valence-corrected chi connectivity index (χ0v) is 11.5. The van der Waals surface area contributed by atoms with Crippen LogP contribution < -0.4 is 10.6 Å². The second kappa shape index (κ2) is 6.95. The van der Waals surface area contributed by atoms with Crippen LogP contribution in [0.25, 0.3) is 0 Å². The molecule has 7 heteroatoms. The lowest BCUT2D eigenvalue weighted by atomic mass is 10.1. The zero-order valence-electron chi connectivity index (χ0n) is 10.7. The Kier molecular flexibility index (Phi) is 5.83. The van der Waals surface area contributed by atoms with E-state index in [0.29, 0.717) is 12.5 Å². The first-order valence-electron chi connectivity index (χ1n) is 6.13. The first-order valence-corrected chi connectivity index (χ1v) is 6.13. The van der Waals surface area contributed by atoms with E-state index >= 15 is 0 Å². The molecule has 20 heavy (non-hydrogen) atoms. The van der Waals surface area contributed by atoms with Crippen LogP contribution >= 0.6 is 12.4 Å². The van der Waals surface area contributed by atoms with Gasteiger partial charge in [0.1, 0.15) is 0 Å². The molecule has 1 heterocycles. The molecule has 1 aromatic carbocycles. The SMILES string of the molecule is Cl.O=C(NCC1CCNC1)c1ccc(C(F)(F)F)cc1. The third-order valence-corrected chi connectivity index (χ3v) is 3.19. The Morgan fingerprint density at radius 3 is 2.45 bits per heavy atom. The molecule has 0 bridgehead atoms. The van der Waals surface area contributed by atoms with Crippen molar-refractivity contribution in [3.63, 3.8) is 0 Å². The van der Waals surface area contributed by atoms with Crippen LogP contribution in [0.4, 0.5) is 13.2 Å². The molecule has 0 saturated carbocycles. The Morgan fingerprint density at radius 1 is 1.30 bits per heavy atom. The van der Waals surface area contributed by atoms with Crippen molar-refractivity contribution in [3.8, 4) is 0 Å². The molecule has 1 aromatic rings. The molecule has 2 N–H and O–H groups in total. The minimum Gasteiger partial charge on any atom is -0.352 e. The average Bonchev–Trinajstić information content (AvgIpc) is 2.88. The van der Waals surface area contributed by atoms with Crippen LogP contribution in [0.15, 0.2) is 24.3 Å². The highest BCUT2D eigenvalue weighted by atomic mass is 35.5. The molecule has 3 nitrogen and oxygen atoms in total. The fourth-order valence-corrected chi connectivity index (χ4v) is 2.04. The maximum absolute atomic E-state index is 12.4. The largest absolute Gasteiger partial charge is 0.416 e. The smallest absolute Gasteiger partial charge is 0.352 e. The highest BCUT2D eigenvalue weighted by Crippen LogP contribution is 2.29. The molecular weight excluding hydrogens is 293 g/mol. The van der Waals surface area contributed by atoms with Crippen molar-refractivity contribution in [3.05, 3.63) is 35.4 Å². The van der Waals surface area contributed by atoms with Crippen molar-refractivity contribution in [2.24, 2.45) is 5.92 Å². The predicted molar refractivity (Wildman–Crippen MR) is 72.0 cm³/mol. The second-order valence-electron chi connectivity index (χ2n) is 4.64. The molecular formula is C13H16ClF3N2O. The number of alkyl halides is 3. The van der Waals surface area contributed by atoms with E-state index in [1.807, 2.05) is 0 Å². The molecule has 0 aromatic heterocycles. The molecule has 1 fully saturated rings. The molecule has 1 atom stereocenters. The molecule has 0 aliphatic carbocycles. The summed E-state index contributed by atoms with van der Waals surface area (Å²) in [6, 6.07) is 4.24. The Morgan fingerprint density at radius 2 is 1.95 bits per heavy atom. The number of halogens is 4. The van der Waals surface area contributed by atoms with Gasteiger partial charge >= 0.3 is 6.18 Å². The van der Waals surface area contributed by atoms with Crippen molar-refractivity contribution in [2.45, 2.75) is 12.6 Å². The molecule has 1 unspecified atom stereocenters. The quantitative estimate of drug-likeness (QED) is 0.900. The number of hydrogen-bond acceptors (Lipinski definition) is 2. The number of rotatable bonds is 3. The molecule has 1 amide bonds. The van der Waals surface area contributed by atoms with Crippen LogP contribution in [0.5, 0.6) is 0 Å². The number of carbonyl (C=O) groups is 1. The first kappa shape index (κ1) is 16.8. The molecule has 0 spiro atoms.